The van der Waals surface area contributed by atoms with E-state index in [1.807, 2.05) is 12.3 Å². The van der Waals surface area contributed by atoms with Crippen LogP contribution in [-0.2, 0) is 13.5 Å². The van der Waals surface area contributed by atoms with Gasteiger partial charge in [0.1, 0.15) is 5.69 Å². The maximum absolute atomic E-state index is 10.9. The number of hydrogen-bond donors (Lipinski definition) is 1. The van der Waals surface area contributed by atoms with Gasteiger partial charge in [0.15, 0.2) is 0 Å². The molecule has 3 nitrogen and oxygen atoms in total. The summed E-state index contributed by atoms with van der Waals surface area (Å²) >= 11 is 0. The molecular formula is C13H19NO2. The van der Waals surface area contributed by atoms with E-state index in [0.29, 0.717) is 5.69 Å². The van der Waals surface area contributed by atoms with Gasteiger partial charge in [0.2, 0.25) is 0 Å². The fourth-order valence-electron chi connectivity index (χ4n) is 2.68. The molecule has 1 fully saturated rings. The number of rotatable bonds is 3. The van der Waals surface area contributed by atoms with Crippen molar-refractivity contribution < 1.29 is 9.90 Å². The molecule has 0 aromatic carbocycles. The molecule has 1 N–H and O–H groups in total. The van der Waals surface area contributed by atoms with Gasteiger partial charge in [-0.05, 0) is 24.0 Å². The first-order valence-corrected chi connectivity index (χ1v) is 6.05. The smallest absolute Gasteiger partial charge is 0.352 e. The molecule has 2 rings (SSSR count). The normalized spacial score (nSPS) is 17.6. The lowest BCUT2D eigenvalue weighted by molar-refractivity contribution is 0.0686. The Labute approximate surface area is 96.1 Å². The Kier molecular flexibility index (Phi) is 3.32. The number of carboxylic acids is 1. The molecule has 0 atom stereocenters. The van der Waals surface area contributed by atoms with Crippen LogP contribution in [0.2, 0.25) is 0 Å². The monoisotopic (exact) mass is 221 g/mol. The molecule has 1 aliphatic rings. The second-order valence-electron chi connectivity index (χ2n) is 4.86. The van der Waals surface area contributed by atoms with Crippen LogP contribution in [-0.4, -0.2) is 15.6 Å². The minimum absolute atomic E-state index is 0.394. The molecule has 0 bridgehead atoms. The molecule has 1 aromatic rings. The van der Waals surface area contributed by atoms with Crippen LogP contribution >= 0.6 is 0 Å². The zero-order chi connectivity index (χ0) is 11.5. The highest BCUT2D eigenvalue weighted by molar-refractivity contribution is 5.86. The molecule has 1 aliphatic carbocycles. The fourth-order valence-corrected chi connectivity index (χ4v) is 2.68. The third kappa shape index (κ3) is 2.46. The van der Waals surface area contributed by atoms with Gasteiger partial charge in [-0.25, -0.2) is 4.79 Å². The van der Waals surface area contributed by atoms with Gasteiger partial charge in [-0.3, -0.25) is 0 Å². The van der Waals surface area contributed by atoms with E-state index in [1.54, 1.807) is 11.6 Å². The number of aryl methyl sites for hydroxylation is 1. The van der Waals surface area contributed by atoms with Crippen LogP contribution in [0.3, 0.4) is 0 Å². The van der Waals surface area contributed by atoms with Crippen molar-refractivity contribution >= 4 is 5.97 Å². The van der Waals surface area contributed by atoms with Crippen LogP contribution in [0.15, 0.2) is 12.3 Å². The van der Waals surface area contributed by atoms with Gasteiger partial charge in [0, 0.05) is 13.2 Å². The predicted molar refractivity (Wildman–Crippen MR) is 62.7 cm³/mol. The van der Waals surface area contributed by atoms with Gasteiger partial charge < -0.3 is 9.67 Å². The van der Waals surface area contributed by atoms with E-state index in [4.69, 9.17) is 5.11 Å². The highest BCUT2D eigenvalue weighted by Crippen LogP contribution is 2.27. The number of carbonyl (C=O) groups is 1. The van der Waals surface area contributed by atoms with Crippen LogP contribution < -0.4 is 0 Å². The summed E-state index contributed by atoms with van der Waals surface area (Å²) in [5.74, 6) is -0.0739. The summed E-state index contributed by atoms with van der Waals surface area (Å²) in [4.78, 5) is 10.9. The lowest BCUT2D eigenvalue weighted by Gasteiger charge is -2.20. The Morgan fingerprint density at radius 1 is 1.44 bits per heavy atom. The molecule has 1 aromatic heterocycles. The number of carboxylic acid groups (broad SMARTS) is 1. The minimum Gasteiger partial charge on any atom is -0.477 e. The quantitative estimate of drug-likeness (QED) is 0.852. The maximum Gasteiger partial charge on any atom is 0.352 e. The molecule has 0 radical (unpaired) electrons. The van der Waals surface area contributed by atoms with Crippen molar-refractivity contribution in [2.75, 3.05) is 0 Å². The molecule has 0 saturated heterocycles. The van der Waals surface area contributed by atoms with E-state index in [-0.39, 0.29) is 0 Å². The van der Waals surface area contributed by atoms with Crippen LogP contribution in [0.5, 0.6) is 0 Å². The summed E-state index contributed by atoms with van der Waals surface area (Å²) in [6, 6.07) is 1.82. The Balaban J connectivity index is 2.03. The zero-order valence-corrected chi connectivity index (χ0v) is 9.78. The van der Waals surface area contributed by atoms with Gasteiger partial charge in [-0.2, -0.15) is 0 Å². The summed E-state index contributed by atoms with van der Waals surface area (Å²) < 4.78 is 1.71. The first-order valence-electron chi connectivity index (χ1n) is 6.05. The van der Waals surface area contributed by atoms with Crippen molar-refractivity contribution in [1.29, 1.82) is 0 Å². The Morgan fingerprint density at radius 3 is 2.69 bits per heavy atom. The summed E-state index contributed by atoms with van der Waals surface area (Å²) in [7, 11) is 1.80. The molecule has 1 saturated carbocycles. The summed E-state index contributed by atoms with van der Waals surface area (Å²) in [5, 5.41) is 8.96. The molecular weight excluding hydrogens is 202 g/mol. The molecule has 0 aliphatic heterocycles. The maximum atomic E-state index is 10.9. The minimum atomic E-state index is -0.836. The van der Waals surface area contributed by atoms with Crippen molar-refractivity contribution in [3.63, 3.8) is 0 Å². The number of hydrogen-bond acceptors (Lipinski definition) is 1. The van der Waals surface area contributed by atoms with Crippen LogP contribution in [0.4, 0.5) is 0 Å². The van der Waals surface area contributed by atoms with Crippen molar-refractivity contribution in [1.82, 2.24) is 4.57 Å². The molecule has 88 valence electrons. The first kappa shape index (κ1) is 11.2. The number of aromatic carboxylic acids is 1. The van der Waals surface area contributed by atoms with Crippen LogP contribution in [0.25, 0.3) is 0 Å². The highest BCUT2D eigenvalue weighted by atomic mass is 16.4. The third-order valence-corrected chi connectivity index (χ3v) is 3.53. The second-order valence-corrected chi connectivity index (χ2v) is 4.86. The molecule has 0 amide bonds. The van der Waals surface area contributed by atoms with Crippen molar-refractivity contribution in [2.45, 2.75) is 38.5 Å². The van der Waals surface area contributed by atoms with Crippen molar-refractivity contribution in [2.24, 2.45) is 13.0 Å². The SMILES string of the molecule is Cn1cc(CC2CCCCC2)cc1C(=O)O. The van der Waals surface area contributed by atoms with Crippen molar-refractivity contribution in [3.8, 4) is 0 Å². The fraction of sp³-hybridized carbons (Fsp3) is 0.615. The largest absolute Gasteiger partial charge is 0.477 e. The Hall–Kier alpha value is -1.25. The van der Waals surface area contributed by atoms with E-state index >= 15 is 0 Å². The van der Waals surface area contributed by atoms with Crippen LogP contribution in [0.1, 0.15) is 48.2 Å². The summed E-state index contributed by atoms with van der Waals surface area (Å²) in [6.45, 7) is 0. The number of nitrogens with zero attached hydrogens (tertiary/aromatic N) is 1. The van der Waals surface area contributed by atoms with Gasteiger partial charge in [-0.15, -0.1) is 0 Å². The Bertz CT molecular complexity index is 375. The second kappa shape index (κ2) is 4.73. The van der Waals surface area contributed by atoms with E-state index in [2.05, 4.69) is 0 Å². The molecule has 16 heavy (non-hydrogen) atoms. The van der Waals surface area contributed by atoms with E-state index < -0.39 is 5.97 Å². The van der Waals surface area contributed by atoms with E-state index in [1.165, 1.54) is 37.7 Å². The zero-order valence-electron chi connectivity index (χ0n) is 9.78. The van der Waals surface area contributed by atoms with Gasteiger partial charge >= 0.3 is 5.97 Å². The van der Waals surface area contributed by atoms with E-state index in [9.17, 15) is 4.79 Å². The number of aromatic nitrogens is 1. The van der Waals surface area contributed by atoms with Gasteiger partial charge in [0.05, 0.1) is 0 Å². The standard InChI is InChI=1S/C13H19NO2/c1-14-9-11(8-12(14)13(15)16)7-10-5-3-2-4-6-10/h8-10H,2-7H2,1H3,(H,15,16). The lowest BCUT2D eigenvalue weighted by Crippen LogP contribution is -2.08. The molecule has 1 heterocycles. The average Bonchev–Trinajstić information content (AvgIpc) is 2.61. The highest BCUT2D eigenvalue weighted by Gasteiger charge is 2.16. The van der Waals surface area contributed by atoms with Gasteiger partial charge in [0.25, 0.3) is 0 Å². The Morgan fingerprint density at radius 2 is 2.12 bits per heavy atom. The first-order chi connectivity index (χ1) is 7.66. The predicted octanol–water partition coefficient (Wildman–Crippen LogP) is 2.85. The average molecular weight is 221 g/mol. The summed E-state index contributed by atoms with van der Waals surface area (Å²) in [6.07, 6.45) is 9.64. The third-order valence-electron chi connectivity index (χ3n) is 3.53. The molecule has 0 unspecified atom stereocenters. The van der Waals surface area contributed by atoms with Gasteiger partial charge in [-0.1, -0.05) is 32.1 Å². The lowest BCUT2D eigenvalue weighted by atomic mass is 9.85. The molecule has 0 spiro atoms. The topological polar surface area (TPSA) is 42.2 Å². The van der Waals surface area contributed by atoms with Crippen LogP contribution in [0, 0.1) is 5.92 Å². The van der Waals surface area contributed by atoms with Crippen molar-refractivity contribution in [3.05, 3.63) is 23.5 Å². The summed E-state index contributed by atoms with van der Waals surface area (Å²) in [5.41, 5.74) is 1.57. The van der Waals surface area contributed by atoms with E-state index in [0.717, 1.165) is 12.3 Å². The molecule has 3 heteroatoms.